The van der Waals surface area contributed by atoms with E-state index in [1.165, 1.54) is 0 Å². The van der Waals surface area contributed by atoms with E-state index in [0.29, 0.717) is 0 Å². The Morgan fingerprint density at radius 1 is 1.35 bits per heavy atom. The molecule has 0 bridgehead atoms. The van der Waals surface area contributed by atoms with Gasteiger partial charge in [0.2, 0.25) is 0 Å². The third-order valence-corrected chi connectivity index (χ3v) is 5.04. The number of anilines is 1. The van der Waals surface area contributed by atoms with E-state index < -0.39 is 5.91 Å². The van der Waals surface area contributed by atoms with Crippen LogP contribution < -0.4 is 10.8 Å². The number of hydrogen-bond acceptors (Lipinski definition) is 4. The summed E-state index contributed by atoms with van der Waals surface area (Å²) in [5, 5.41) is 11.8. The van der Waals surface area contributed by atoms with Gasteiger partial charge in [-0.2, -0.15) is 0 Å². The number of unbranched alkanes of at least 4 members (excludes halogenated alkanes) is 2. The Balaban J connectivity index is 2.47. The number of aryl methyl sites for hydroxylation is 2. The molecule has 0 radical (unpaired) electrons. The van der Waals surface area contributed by atoms with Crippen molar-refractivity contribution in [3.63, 3.8) is 0 Å². The largest absolute Gasteiger partial charge is 0.360 e. The van der Waals surface area contributed by atoms with Gasteiger partial charge >= 0.3 is 0 Å². The number of nitrogens with one attached hydrogen (secondary N) is 2. The molecule has 0 aromatic carbocycles. The molecule has 2 aromatic rings. The zero-order chi connectivity index (χ0) is 17.0. The lowest BCUT2D eigenvalue weighted by Crippen LogP contribution is -2.27. The van der Waals surface area contributed by atoms with Gasteiger partial charge in [0.25, 0.3) is 5.91 Å². The first-order chi connectivity index (χ1) is 11.0. The Morgan fingerprint density at radius 2 is 2.09 bits per heavy atom. The van der Waals surface area contributed by atoms with E-state index in [1.54, 1.807) is 5.48 Å². The molecule has 0 aliphatic heterocycles. The Labute approximate surface area is 151 Å². The zero-order valence-corrected chi connectivity index (χ0v) is 16.3. The number of carbonyl (C=O) groups is 1. The minimum atomic E-state index is -0.494. The van der Waals surface area contributed by atoms with Crippen molar-refractivity contribution in [2.45, 2.75) is 39.5 Å². The van der Waals surface area contributed by atoms with E-state index in [1.807, 2.05) is 17.4 Å². The molecule has 2 aromatic heterocycles. The number of amides is 1. The van der Waals surface area contributed by atoms with Crippen molar-refractivity contribution in [3.05, 3.63) is 26.4 Å². The normalized spacial score (nSPS) is 11.0. The van der Waals surface area contributed by atoms with E-state index in [-0.39, 0.29) is 6.54 Å². The number of imidazole rings is 1. The van der Waals surface area contributed by atoms with Crippen LogP contribution in [0.5, 0.6) is 0 Å². The first-order valence-corrected chi connectivity index (χ1v) is 9.10. The third-order valence-electron chi connectivity index (χ3n) is 3.66. The van der Waals surface area contributed by atoms with Gasteiger partial charge in [0.05, 0.1) is 16.7 Å². The molecule has 23 heavy (non-hydrogen) atoms. The van der Waals surface area contributed by atoms with Crippen LogP contribution in [0, 0.1) is 6.92 Å². The van der Waals surface area contributed by atoms with Gasteiger partial charge in [-0.3, -0.25) is 14.4 Å². The standard InChI is InChI=1S/C15H20Br2N4O2/c1-3-4-5-6-12-15(18-8-13(22)20-23)21-9(2)10(16)7-11(17)14(21)19-12/h7,18,23H,3-6,8H2,1-2H3,(H,20,22). The number of pyridine rings is 1. The van der Waals surface area contributed by atoms with E-state index >= 15 is 0 Å². The first-order valence-electron chi connectivity index (χ1n) is 7.52. The molecule has 0 spiro atoms. The van der Waals surface area contributed by atoms with Gasteiger partial charge in [-0.1, -0.05) is 19.8 Å². The van der Waals surface area contributed by atoms with Crippen molar-refractivity contribution in [2.24, 2.45) is 0 Å². The highest BCUT2D eigenvalue weighted by Gasteiger charge is 2.18. The van der Waals surface area contributed by atoms with E-state index in [4.69, 9.17) is 10.2 Å². The minimum absolute atomic E-state index is 0.0192. The molecule has 0 unspecified atom stereocenters. The number of carbonyl (C=O) groups excluding carboxylic acids is 1. The van der Waals surface area contributed by atoms with Crippen molar-refractivity contribution < 1.29 is 10.0 Å². The van der Waals surface area contributed by atoms with Gasteiger partial charge in [0.1, 0.15) is 5.82 Å². The number of nitrogens with zero attached hydrogens (tertiary/aromatic N) is 2. The molecule has 0 aliphatic carbocycles. The summed E-state index contributed by atoms with van der Waals surface area (Å²) in [5.41, 5.74) is 4.36. The molecular weight excluding hydrogens is 428 g/mol. The lowest BCUT2D eigenvalue weighted by molar-refractivity contribution is -0.127. The van der Waals surface area contributed by atoms with Gasteiger partial charge in [0.15, 0.2) is 5.65 Å². The molecule has 2 heterocycles. The van der Waals surface area contributed by atoms with Gasteiger partial charge in [0, 0.05) is 10.2 Å². The van der Waals surface area contributed by atoms with Crippen molar-refractivity contribution in [2.75, 3.05) is 11.9 Å². The van der Waals surface area contributed by atoms with Crippen LogP contribution in [-0.2, 0) is 11.2 Å². The average Bonchev–Trinajstić information content (AvgIpc) is 2.90. The molecule has 0 fully saturated rings. The fourth-order valence-corrected chi connectivity index (χ4v) is 3.65. The predicted molar refractivity (Wildman–Crippen MR) is 97.0 cm³/mol. The second-order valence-electron chi connectivity index (χ2n) is 5.34. The van der Waals surface area contributed by atoms with Crippen LogP contribution in [-0.4, -0.2) is 27.0 Å². The number of fused-ring (bicyclic) bond motifs is 1. The maximum Gasteiger partial charge on any atom is 0.262 e. The van der Waals surface area contributed by atoms with E-state index in [0.717, 1.165) is 57.5 Å². The van der Waals surface area contributed by atoms with Crippen LogP contribution in [0.1, 0.15) is 37.6 Å². The van der Waals surface area contributed by atoms with Crippen LogP contribution in [0.15, 0.2) is 15.0 Å². The zero-order valence-electron chi connectivity index (χ0n) is 13.1. The summed E-state index contributed by atoms with van der Waals surface area (Å²) in [6.07, 6.45) is 4.15. The molecule has 0 saturated carbocycles. The molecule has 126 valence electrons. The van der Waals surface area contributed by atoms with Crippen LogP contribution in [0.2, 0.25) is 0 Å². The van der Waals surface area contributed by atoms with Crippen molar-refractivity contribution >= 4 is 49.2 Å². The van der Waals surface area contributed by atoms with Crippen LogP contribution >= 0.6 is 31.9 Å². The van der Waals surface area contributed by atoms with Crippen molar-refractivity contribution in [3.8, 4) is 0 Å². The third kappa shape index (κ3) is 4.05. The van der Waals surface area contributed by atoms with Gasteiger partial charge in [-0.05, 0) is 57.7 Å². The fraction of sp³-hybridized carbons (Fsp3) is 0.467. The summed E-state index contributed by atoms with van der Waals surface area (Å²) in [7, 11) is 0. The molecule has 2 rings (SSSR count). The van der Waals surface area contributed by atoms with Crippen LogP contribution in [0.25, 0.3) is 5.65 Å². The summed E-state index contributed by atoms with van der Waals surface area (Å²) in [6.45, 7) is 4.12. The summed E-state index contributed by atoms with van der Waals surface area (Å²) in [6, 6.07) is 1.97. The molecule has 0 atom stereocenters. The maximum absolute atomic E-state index is 11.4. The second kappa shape index (κ2) is 8.12. The molecule has 3 N–H and O–H groups in total. The smallest absolute Gasteiger partial charge is 0.262 e. The van der Waals surface area contributed by atoms with Crippen LogP contribution in [0.3, 0.4) is 0 Å². The van der Waals surface area contributed by atoms with Crippen molar-refractivity contribution in [1.82, 2.24) is 14.9 Å². The topological polar surface area (TPSA) is 78.7 Å². The highest BCUT2D eigenvalue weighted by atomic mass is 79.9. The quantitative estimate of drug-likeness (QED) is 0.342. The molecule has 6 nitrogen and oxygen atoms in total. The first kappa shape index (κ1) is 18.2. The minimum Gasteiger partial charge on any atom is -0.360 e. The monoisotopic (exact) mass is 446 g/mol. The number of rotatable bonds is 7. The summed E-state index contributed by atoms with van der Waals surface area (Å²) < 4.78 is 3.82. The number of halogens is 2. The highest BCUT2D eigenvalue weighted by molar-refractivity contribution is 9.11. The summed E-state index contributed by atoms with van der Waals surface area (Å²) in [5.74, 6) is 0.297. The number of hydroxylamine groups is 1. The number of aromatic nitrogens is 2. The lowest BCUT2D eigenvalue weighted by Gasteiger charge is -2.11. The van der Waals surface area contributed by atoms with E-state index in [9.17, 15) is 4.79 Å². The molecule has 8 heteroatoms. The second-order valence-corrected chi connectivity index (χ2v) is 7.05. The highest BCUT2D eigenvalue weighted by Crippen LogP contribution is 2.31. The average molecular weight is 448 g/mol. The lowest BCUT2D eigenvalue weighted by atomic mass is 10.1. The van der Waals surface area contributed by atoms with Crippen molar-refractivity contribution in [1.29, 1.82) is 0 Å². The molecular formula is C15H20Br2N4O2. The maximum atomic E-state index is 11.4. The number of hydrogen-bond donors (Lipinski definition) is 3. The summed E-state index contributed by atoms with van der Waals surface area (Å²) >= 11 is 7.09. The molecule has 0 saturated heterocycles. The van der Waals surface area contributed by atoms with Gasteiger partial charge < -0.3 is 5.32 Å². The fourth-order valence-electron chi connectivity index (χ4n) is 2.44. The van der Waals surface area contributed by atoms with E-state index in [2.05, 4.69) is 44.1 Å². The Morgan fingerprint density at radius 3 is 2.74 bits per heavy atom. The SMILES string of the molecule is CCCCCc1nc2c(Br)cc(Br)c(C)n2c1NCC(=O)NO. The van der Waals surface area contributed by atoms with Gasteiger partial charge in [-0.25, -0.2) is 10.5 Å². The predicted octanol–water partition coefficient (Wildman–Crippen LogP) is 3.82. The van der Waals surface area contributed by atoms with Gasteiger partial charge in [-0.15, -0.1) is 0 Å². The summed E-state index contributed by atoms with van der Waals surface area (Å²) in [4.78, 5) is 16.1. The molecule has 1 amide bonds. The van der Waals surface area contributed by atoms with Crippen LogP contribution in [0.4, 0.5) is 5.82 Å². The Hall–Kier alpha value is -1.12. The Kier molecular flexibility index (Phi) is 6.43. The Bertz CT molecular complexity index is 715. The molecule has 0 aliphatic rings.